The zero-order valence-electron chi connectivity index (χ0n) is 11.9. The lowest BCUT2D eigenvalue weighted by atomic mass is 10.3. The normalized spacial score (nSPS) is 14.9. The van der Waals surface area contributed by atoms with E-state index >= 15 is 0 Å². The molecule has 0 rings (SSSR count). The summed E-state index contributed by atoms with van der Waals surface area (Å²) in [6, 6.07) is 0. The summed E-state index contributed by atoms with van der Waals surface area (Å²) >= 11 is 0. The fourth-order valence-electron chi connectivity index (χ4n) is 1.14. The molecule has 0 saturated heterocycles. The van der Waals surface area contributed by atoms with Gasteiger partial charge in [-0.1, -0.05) is 42.5 Å². The Kier molecular flexibility index (Phi) is 10.1. The number of aliphatic hydroxyl groups is 3. The summed E-state index contributed by atoms with van der Waals surface area (Å²) in [5.41, 5.74) is 0. The fraction of sp³-hybridized carbons (Fsp3) is 0.400. The summed E-state index contributed by atoms with van der Waals surface area (Å²) in [6.07, 6.45) is 13.0. The number of allylic oxidation sites excluding steroid dienone is 7. The predicted octanol–water partition coefficient (Wildman–Crippen LogP) is 1.11. The molecule has 0 aromatic carbocycles. The van der Waals surface area contributed by atoms with Crippen molar-refractivity contribution >= 4 is 5.97 Å². The van der Waals surface area contributed by atoms with Crippen LogP contribution in [0, 0.1) is 0 Å². The number of carbonyl (C=O) groups is 1. The fourth-order valence-corrected chi connectivity index (χ4v) is 1.14. The van der Waals surface area contributed by atoms with Crippen molar-refractivity contribution in [1.82, 2.24) is 0 Å². The summed E-state index contributed by atoms with van der Waals surface area (Å²) in [4.78, 5) is 10.2. The molecule has 0 radical (unpaired) electrons. The Morgan fingerprint density at radius 2 is 1.71 bits per heavy atom. The number of aliphatic hydroxyl groups excluding tert-OH is 1. The monoisotopic (exact) mass is 298 g/mol. The van der Waals surface area contributed by atoms with Crippen molar-refractivity contribution in [3.05, 3.63) is 48.6 Å². The molecule has 0 saturated carbocycles. The van der Waals surface area contributed by atoms with Crippen LogP contribution < -0.4 is 0 Å². The van der Waals surface area contributed by atoms with Crippen LogP contribution in [0.1, 0.15) is 19.8 Å². The topological polar surface area (TPSA) is 107 Å². The summed E-state index contributed by atoms with van der Waals surface area (Å²) in [5, 5.41) is 35.1. The molecule has 118 valence electrons. The standard InChI is InChI=1S/C15H22O6/c1-15(19,20)11-9-7-5-3-2-4-6-8-10-12-21-14(18)13(16)17/h2-7,9,11,14,18-20H,8,10,12H2,1H3,(H,16,17)/b3-2+,6-4+,7-5+,11-9+. The maximum atomic E-state index is 10.2. The van der Waals surface area contributed by atoms with Crippen LogP contribution in [0.25, 0.3) is 0 Å². The molecule has 1 atom stereocenters. The van der Waals surface area contributed by atoms with E-state index in [2.05, 4.69) is 4.74 Å². The molecule has 0 aliphatic rings. The second-order valence-corrected chi connectivity index (χ2v) is 4.35. The first-order valence-electron chi connectivity index (χ1n) is 6.48. The molecule has 6 heteroatoms. The van der Waals surface area contributed by atoms with Crippen LogP contribution in [-0.4, -0.2) is 45.1 Å². The van der Waals surface area contributed by atoms with Crippen LogP contribution in [0.15, 0.2) is 48.6 Å². The molecule has 1 unspecified atom stereocenters. The van der Waals surface area contributed by atoms with Gasteiger partial charge in [0.1, 0.15) is 0 Å². The molecular weight excluding hydrogens is 276 g/mol. The average Bonchev–Trinajstić information content (AvgIpc) is 2.38. The third-order valence-electron chi connectivity index (χ3n) is 2.11. The summed E-state index contributed by atoms with van der Waals surface area (Å²) in [5.74, 6) is -3.19. The van der Waals surface area contributed by atoms with Crippen molar-refractivity contribution in [3.63, 3.8) is 0 Å². The number of ether oxygens (including phenoxy) is 1. The number of aliphatic carboxylic acids is 1. The van der Waals surface area contributed by atoms with E-state index in [0.717, 1.165) is 0 Å². The lowest BCUT2D eigenvalue weighted by Gasteiger charge is -2.07. The van der Waals surface area contributed by atoms with E-state index in [9.17, 15) is 4.79 Å². The molecule has 0 aromatic heterocycles. The third-order valence-corrected chi connectivity index (χ3v) is 2.11. The van der Waals surface area contributed by atoms with Crippen LogP contribution in [0.3, 0.4) is 0 Å². The van der Waals surface area contributed by atoms with E-state index < -0.39 is 18.0 Å². The Morgan fingerprint density at radius 1 is 1.14 bits per heavy atom. The molecule has 0 aromatic rings. The predicted molar refractivity (Wildman–Crippen MR) is 78.2 cm³/mol. The van der Waals surface area contributed by atoms with Gasteiger partial charge in [-0.2, -0.15) is 0 Å². The quantitative estimate of drug-likeness (QED) is 0.273. The van der Waals surface area contributed by atoms with Gasteiger partial charge in [-0.25, -0.2) is 4.79 Å². The maximum absolute atomic E-state index is 10.2. The number of carboxylic acids is 1. The second-order valence-electron chi connectivity index (χ2n) is 4.35. The molecule has 0 fully saturated rings. The van der Waals surface area contributed by atoms with E-state index in [0.29, 0.717) is 12.8 Å². The van der Waals surface area contributed by atoms with Crippen molar-refractivity contribution in [2.75, 3.05) is 6.61 Å². The Bertz CT molecular complexity index is 401. The van der Waals surface area contributed by atoms with Crippen LogP contribution in [-0.2, 0) is 9.53 Å². The Balaban J connectivity index is 3.68. The molecule has 0 heterocycles. The lowest BCUT2D eigenvalue weighted by Crippen LogP contribution is -2.23. The van der Waals surface area contributed by atoms with Gasteiger partial charge < -0.3 is 25.2 Å². The average molecular weight is 298 g/mol. The van der Waals surface area contributed by atoms with E-state index in [1.54, 1.807) is 24.3 Å². The van der Waals surface area contributed by atoms with Gasteiger partial charge in [0.05, 0.1) is 6.61 Å². The van der Waals surface area contributed by atoms with E-state index in [-0.39, 0.29) is 6.61 Å². The van der Waals surface area contributed by atoms with E-state index in [1.165, 1.54) is 19.1 Å². The minimum Gasteiger partial charge on any atom is -0.477 e. The minimum atomic E-state index is -1.80. The van der Waals surface area contributed by atoms with Crippen molar-refractivity contribution in [2.45, 2.75) is 31.8 Å². The molecule has 0 bridgehead atoms. The Labute approximate surface area is 124 Å². The molecule has 0 aliphatic carbocycles. The summed E-state index contributed by atoms with van der Waals surface area (Å²) in [6.45, 7) is 1.43. The first kappa shape index (κ1) is 19.3. The summed E-state index contributed by atoms with van der Waals surface area (Å²) < 4.78 is 4.65. The van der Waals surface area contributed by atoms with Gasteiger partial charge in [-0.05, 0) is 25.8 Å². The van der Waals surface area contributed by atoms with Gasteiger partial charge >= 0.3 is 5.97 Å². The van der Waals surface area contributed by atoms with Crippen LogP contribution in [0.2, 0.25) is 0 Å². The van der Waals surface area contributed by atoms with Gasteiger partial charge in [0, 0.05) is 0 Å². The SMILES string of the molecule is CC(O)(O)/C=C/C=C/C=C/C=C/CCCOC(O)C(=O)O. The first-order chi connectivity index (χ1) is 9.83. The molecule has 21 heavy (non-hydrogen) atoms. The molecule has 0 spiro atoms. The smallest absolute Gasteiger partial charge is 0.360 e. The minimum absolute atomic E-state index is 0.174. The number of carboxylic acid groups (broad SMARTS) is 1. The highest BCUT2D eigenvalue weighted by atomic mass is 16.6. The van der Waals surface area contributed by atoms with Gasteiger partial charge in [0.25, 0.3) is 6.29 Å². The lowest BCUT2D eigenvalue weighted by molar-refractivity contribution is -0.176. The van der Waals surface area contributed by atoms with Gasteiger partial charge in [0.2, 0.25) is 0 Å². The second kappa shape index (κ2) is 11.0. The number of unbranched alkanes of at least 4 members (excludes halogenated alkanes) is 1. The highest BCUT2D eigenvalue weighted by Crippen LogP contribution is 1.98. The highest BCUT2D eigenvalue weighted by molar-refractivity contribution is 5.70. The molecule has 4 N–H and O–H groups in total. The van der Waals surface area contributed by atoms with Gasteiger partial charge in [0.15, 0.2) is 5.79 Å². The highest BCUT2D eigenvalue weighted by Gasteiger charge is 2.11. The van der Waals surface area contributed by atoms with E-state index in [1.807, 2.05) is 12.2 Å². The van der Waals surface area contributed by atoms with Crippen LogP contribution in [0.4, 0.5) is 0 Å². The Morgan fingerprint density at radius 3 is 2.29 bits per heavy atom. The zero-order valence-corrected chi connectivity index (χ0v) is 11.9. The summed E-state index contributed by atoms with van der Waals surface area (Å²) in [7, 11) is 0. The van der Waals surface area contributed by atoms with Gasteiger partial charge in [-0.3, -0.25) is 0 Å². The first-order valence-corrected chi connectivity index (χ1v) is 6.48. The third kappa shape index (κ3) is 14.5. The zero-order chi connectivity index (χ0) is 16.1. The van der Waals surface area contributed by atoms with E-state index in [4.69, 9.17) is 20.4 Å². The molecule has 6 nitrogen and oxygen atoms in total. The number of hydrogen-bond donors (Lipinski definition) is 4. The van der Waals surface area contributed by atoms with Crippen molar-refractivity contribution in [3.8, 4) is 0 Å². The van der Waals surface area contributed by atoms with Gasteiger partial charge in [-0.15, -0.1) is 0 Å². The molecule has 0 aliphatic heterocycles. The van der Waals surface area contributed by atoms with Crippen LogP contribution in [0.5, 0.6) is 0 Å². The van der Waals surface area contributed by atoms with Crippen molar-refractivity contribution in [2.24, 2.45) is 0 Å². The largest absolute Gasteiger partial charge is 0.477 e. The number of rotatable bonds is 10. The van der Waals surface area contributed by atoms with Crippen molar-refractivity contribution < 1.29 is 30.0 Å². The van der Waals surface area contributed by atoms with Crippen LogP contribution >= 0.6 is 0 Å². The molecular formula is C15H22O6. The van der Waals surface area contributed by atoms with Crippen molar-refractivity contribution in [1.29, 1.82) is 0 Å². The molecule has 0 amide bonds. The number of hydrogen-bond acceptors (Lipinski definition) is 5. The maximum Gasteiger partial charge on any atom is 0.360 e. The Hall–Kier alpha value is -1.73.